The van der Waals surface area contributed by atoms with Crippen molar-refractivity contribution in [3.05, 3.63) is 0 Å². The summed E-state index contributed by atoms with van der Waals surface area (Å²) in [5.74, 6) is 0. The highest BCUT2D eigenvalue weighted by atomic mass is 15.3. The van der Waals surface area contributed by atoms with Crippen molar-refractivity contribution in [1.82, 2.24) is 10.2 Å². The minimum atomic E-state index is 0.361. The van der Waals surface area contributed by atoms with E-state index in [2.05, 4.69) is 44.8 Å². The molecule has 1 aliphatic rings. The third kappa shape index (κ3) is 3.72. The highest BCUT2D eigenvalue weighted by Gasteiger charge is 2.43. The fourth-order valence-corrected chi connectivity index (χ4v) is 3.59. The van der Waals surface area contributed by atoms with E-state index in [1.165, 1.54) is 64.6 Å². The molecular weight excluding hydrogens is 232 g/mol. The zero-order valence-electron chi connectivity index (χ0n) is 14.0. The van der Waals surface area contributed by atoms with E-state index in [0.717, 1.165) is 0 Å². The summed E-state index contributed by atoms with van der Waals surface area (Å²) < 4.78 is 0. The molecule has 0 aliphatic carbocycles. The van der Waals surface area contributed by atoms with Crippen LogP contribution in [0.15, 0.2) is 0 Å². The molecule has 1 fully saturated rings. The highest BCUT2D eigenvalue weighted by molar-refractivity contribution is 5.03. The lowest BCUT2D eigenvalue weighted by Crippen LogP contribution is -2.69. The van der Waals surface area contributed by atoms with Crippen molar-refractivity contribution >= 4 is 0 Å². The monoisotopic (exact) mass is 268 g/mol. The summed E-state index contributed by atoms with van der Waals surface area (Å²) in [5.41, 5.74) is 0.766. The Labute approximate surface area is 121 Å². The number of hydrogen-bond acceptors (Lipinski definition) is 2. The maximum absolute atomic E-state index is 3.90. The fourth-order valence-electron chi connectivity index (χ4n) is 3.59. The van der Waals surface area contributed by atoms with Gasteiger partial charge in [0.05, 0.1) is 0 Å². The van der Waals surface area contributed by atoms with Crippen molar-refractivity contribution < 1.29 is 0 Å². The van der Waals surface area contributed by atoms with Crippen LogP contribution in [-0.2, 0) is 0 Å². The third-order valence-electron chi connectivity index (χ3n) is 5.66. The largest absolute Gasteiger partial charge is 0.308 e. The molecule has 0 spiro atoms. The van der Waals surface area contributed by atoms with E-state index in [9.17, 15) is 0 Å². The molecule has 0 aromatic rings. The van der Waals surface area contributed by atoms with E-state index >= 15 is 0 Å². The van der Waals surface area contributed by atoms with Crippen molar-refractivity contribution in [2.45, 2.75) is 90.6 Å². The van der Waals surface area contributed by atoms with Gasteiger partial charge >= 0.3 is 0 Å². The van der Waals surface area contributed by atoms with Crippen LogP contribution in [0.4, 0.5) is 0 Å². The Morgan fingerprint density at radius 2 is 1.53 bits per heavy atom. The van der Waals surface area contributed by atoms with Crippen molar-refractivity contribution in [2.24, 2.45) is 0 Å². The second kappa shape index (κ2) is 7.64. The maximum Gasteiger partial charge on any atom is 0.0329 e. The Morgan fingerprint density at radius 1 is 0.895 bits per heavy atom. The first-order valence-corrected chi connectivity index (χ1v) is 8.62. The van der Waals surface area contributed by atoms with E-state index in [-0.39, 0.29) is 0 Å². The molecule has 0 atom stereocenters. The molecule has 1 heterocycles. The normalized spacial score (nSPS) is 22.6. The molecule has 0 amide bonds. The zero-order chi connectivity index (χ0) is 14.4. The first kappa shape index (κ1) is 17.0. The summed E-state index contributed by atoms with van der Waals surface area (Å²) in [6, 6.07) is 0. The van der Waals surface area contributed by atoms with Gasteiger partial charge in [-0.1, -0.05) is 47.5 Å². The Hall–Kier alpha value is -0.0800. The van der Waals surface area contributed by atoms with Crippen LogP contribution in [0.5, 0.6) is 0 Å². The average molecular weight is 268 g/mol. The van der Waals surface area contributed by atoms with E-state index < -0.39 is 0 Å². The predicted molar refractivity (Wildman–Crippen MR) is 85.7 cm³/mol. The Morgan fingerprint density at radius 3 is 2.00 bits per heavy atom. The molecule has 1 N–H and O–H groups in total. The van der Waals surface area contributed by atoms with Gasteiger partial charge in [-0.3, -0.25) is 4.90 Å². The number of unbranched alkanes of at least 4 members (excludes halogenated alkanes) is 2. The van der Waals surface area contributed by atoms with Crippen molar-refractivity contribution in [2.75, 3.05) is 19.6 Å². The van der Waals surface area contributed by atoms with Crippen LogP contribution in [0.1, 0.15) is 79.6 Å². The van der Waals surface area contributed by atoms with Gasteiger partial charge in [-0.05, 0) is 38.6 Å². The highest BCUT2D eigenvalue weighted by Crippen LogP contribution is 2.33. The molecule has 19 heavy (non-hydrogen) atoms. The summed E-state index contributed by atoms with van der Waals surface area (Å²) >= 11 is 0. The maximum atomic E-state index is 3.90. The van der Waals surface area contributed by atoms with Gasteiger partial charge in [-0.2, -0.15) is 0 Å². The molecule has 2 heteroatoms. The van der Waals surface area contributed by atoms with Crippen LogP contribution >= 0.6 is 0 Å². The van der Waals surface area contributed by atoms with E-state index in [4.69, 9.17) is 0 Å². The number of rotatable bonds is 8. The smallest absolute Gasteiger partial charge is 0.0329 e. The van der Waals surface area contributed by atoms with Crippen LogP contribution in [0.3, 0.4) is 0 Å². The molecule has 0 saturated carbocycles. The quantitative estimate of drug-likeness (QED) is 0.664. The molecule has 1 saturated heterocycles. The second-order valence-electron chi connectivity index (χ2n) is 6.40. The topological polar surface area (TPSA) is 15.3 Å². The Kier molecular flexibility index (Phi) is 6.82. The molecular formula is C17H36N2. The van der Waals surface area contributed by atoms with Gasteiger partial charge in [0.2, 0.25) is 0 Å². The van der Waals surface area contributed by atoms with Gasteiger partial charge in [0.25, 0.3) is 0 Å². The van der Waals surface area contributed by atoms with Crippen LogP contribution in [0.25, 0.3) is 0 Å². The van der Waals surface area contributed by atoms with Gasteiger partial charge in [0.15, 0.2) is 0 Å². The molecule has 0 unspecified atom stereocenters. The average Bonchev–Trinajstić information content (AvgIpc) is 2.47. The molecule has 114 valence electrons. The molecule has 0 aromatic carbocycles. The molecule has 0 aromatic heterocycles. The lowest BCUT2D eigenvalue weighted by Gasteiger charge is -2.54. The van der Waals surface area contributed by atoms with E-state index in [0.29, 0.717) is 11.1 Å². The van der Waals surface area contributed by atoms with E-state index in [1.54, 1.807) is 0 Å². The van der Waals surface area contributed by atoms with Gasteiger partial charge in [0, 0.05) is 24.2 Å². The number of nitrogens with zero attached hydrogens (tertiary/aromatic N) is 1. The molecule has 1 rings (SSSR count). The summed E-state index contributed by atoms with van der Waals surface area (Å²) in [4.78, 5) is 2.83. The van der Waals surface area contributed by atoms with Crippen LogP contribution in [0.2, 0.25) is 0 Å². The molecule has 0 bridgehead atoms. The summed E-state index contributed by atoms with van der Waals surface area (Å²) in [6.07, 6.45) is 9.09. The molecule has 1 aliphatic heterocycles. The Bertz CT molecular complexity index is 242. The minimum absolute atomic E-state index is 0.361. The van der Waals surface area contributed by atoms with Gasteiger partial charge in [0.1, 0.15) is 0 Å². The summed E-state index contributed by atoms with van der Waals surface area (Å²) in [5, 5.41) is 3.90. The molecule has 0 radical (unpaired) electrons. The van der Waals surface area contributed by atoms with Crippen LogP contribution in [-0.4, -0.2) is 35.6 Å². The van der Waals surface area contributed by atoms with Gasteiger partial charge in [-0.25, -0.2) is 0 Å². The number of piperazine rings is 1. The predicted octanol–water partition coefficient (Wildman–Crippen LogP) is 4.20. The second-order valence-corrected chi connectivity index (χ2v) is 6.40. The lowest BCUT2D eigenvalue weighted by molar-refractivity contribution is -0.00575. The third-order valence-corrected chi connectivity index (χ3v) is 5.66. The van der Waals surface area contributed by atoms with Crippen LogP contribution in [0, 0.1) is 0 Å². The first-order chi connectivity index (χ1) is 9.12. The van der Waals surface area contributed by atoms with Gasteiger partial charge in [-0.15, -0.1) is 0 Å². The Balaban J connectivity index is 2.79. The van der Waals surface area contributed by atoms with E-state index in [1.807, 2.05) is 0 Å². The van der Waals surface area contributed by atoms with Crippen molar-refractivity contribution in [1.29, 1.82) is 0 Å². The summed E-state index contributed by atoms with van der Waals surface area (Å²) in [6.45, 7) is 15.4. The summed E-state index contributed by atoms with van der Waals surface area (Å²) in [7, 11) is 0. The number of hydrogen-bond donors (Lipinski definition) is 1. The molecule has 2 nitrogen and oxygen atoms in total. The number of nitrogens with one attached hydrogen (secondary N) is 1. The lowest BCUT2D eigenvalue weighted by atomic mass is 9.80. The van der Waals surface area contributed by atoms with Gasteiger partial charge < -0.3 is 5.32 Å². The first-order valence-electron chi connectivity index (χ1n) is 8.62. The van der Waals surface area contributed by atoms with Crippen molar-refractivity contribution in [3.8, 4) is 0 Å². The standard InChI is InChI=1S/C17H36N2/c1-6-11-12-13-19-15-16(7-2,8-3)18-14-17(19,9-4)10-5/h18H,6-15H2,1-5H3. The fraction of sp³-hybridized carbons (Fsp3) is 1.00. The zero-order valence-corrected chi connectivity index (χ0v) is 14.0. The minimum Gasteiger partial charge on any atom is -0.308 e. The SMILES string of the molecule is CCCCCN1CC(CC)(CC)NCC1(CC)CC. The van der Waals surface area contributed by atoms with Crippen LogP contribution < -0.4 is 5.32 Å². The van der Waals surface area contributed by atoms with Crippen molar-refractivity contribution in [3.63, 3.8) is 0 Å².